The van der Waals surface area contributed by atoms with Crippen molar-refractivity contribution in [3.8, 4) is 44.8 Å². The van der Waals surface area contributed by atoms with Gasteiger partial charge < -0.3 is 9.47 Å². The second-order valence-electron chi connectivity index (χ2n) is 15.3. The van der Waals surface area contributed by atoms with Gasteiger partial charge in [-0.05, 0) is 103 Å². The number of para-hydroxylation sites is 2. The number of esters is 2. The van der Waals surface area contributed by atoms with Crippen LogP contribution < -0.4 is 0 Å². The van der Waals surface area contributed by atoms with Gasteiger partial charge in [0.25, 0.3) is 0 Å². The van der Waals surface area contributed by atoms with Crippen LogP contribution in [0.3, 0.4) is 0 Å². The number of hydrogen-bond donors (Lipinski definition) is 0. The number of aromatic nitrogens is 2. The average Bonchev–Trinajstić information content (AvgIpc) is 3.34. The van der Waals surface area contributed by atoms with Gasteiger partial charge in [-0.1, -0.05) is 146 Å². The summed E-state index contributed by atoms with van der Waals surface area (Å²) in [6, 6.07) is 61.6. The van der Waals surface area contributed by atoms with Crippen LogP contribution in [0.15, 0.2) is 182 Å². The van der Waals surface area contributed by atoms with Crippen molar-refractivity contribution in [1.29, 1.82) is 0 Å². The molecule has 0 saturated carbocycles. The summed E-state index contributed by atoms with van der Waals surface area (Å²) in [4.78, 5) is 34.8. The highest BCUT2D eigenvalue weighted by atomic mass is 16.5. The molecule has 0 unspecified atom stereocenters. The smallest absolute Gasteiger partial charge is 0.338 e. The summed E-state index contributed by atoms with van der Waals surface area (Å²) >= 11 is 0. The molecule has 0 amide bonds. The molecular weight excluding hydrogens is 765 g/mol. The molecule has 0 spiro atoms. The zero-order valence-electron chi connectivity index (χ0n) is 34.0. The SMILES string of the molecule is COC(=O)c1cc(-c2ccc(-c3ccc4cc(C=Cc5ccc6cc(-c7ccc(-c8cc(C(=O)OC)c9ccccc9n8)cc7)ccc6c5)ccc4c3)cc2)nc2ccccc12. The van der Waals surface area contributed by atoms with Crippen LogP contribution in [0.1, 0.15) is 31.8 Å². The second kappa shape index (κ2) is 16.1. The van der Waals surface area contributed by atoms with Crippen molar-refractivity contribution < 1.29 is 19.1 Å². The van der Waals surface area contributed by atoms with E-state index in [0.29, 0.717) is 11.1 Å². The van der Waals surface area contributed by atoms with Crippen molar-refractivity contribution in [2.75, 3.05) is 14.2 Å². The molecule has 0 radical (unpaired) electrons. The van der Waals surface area contributed by atoms with E-state index >= 15 is 0 Å². The lowest BCUT2D eigenvalue weighted by Crippen LogP contribution is -2.03. The first kappa shape index (κ1) is 38.0. The molecule has 8 aromatic carbocycles. The summed E-state index contributed by atoms with van der Waals surface area (Å²) in [6.07, 6.45) is 4.32. The predicted octanol–water partition coefficient (Wildman–Crippen LogP) is 13.5. The number of ether oxygens (including phenoxy) is 2. The number of fused-ring (bicyclic) bond motifs is 4. The van der Waals surface area contributed by atoms with Gasteiger partial charge in [0.1, 0.15) is 0 Å². The van der Waals surface area contributed by atoms with E-state index in [1.165, 1.54) is 25.0 Å². The van der Waals surface area contributed by atoms with Gasteiger partial charge in [-0.3, -0.25) is 0 Å². The maximum absolute atomic E-state index is 12.6. The minimum Gasteiger partial charge on any atom is -0.465 e. The summed E-state index contributed by atoms with van der Waals surface area (Å²) in [6.45, 7) is 0. The Hall–Kier alpha value is -8.22. The molecule has 62 heavy (non-hydrogen) atoms. The summed E-state index contributed by atoms with van der Waals surface area (Å²) in [5.41, 5.74) is 12.5. The summed E-state index contributed by atoms with van der Waals surface area (Å²) < 4.78 is 10.1. The maximum Gasteiger partial charge on any atom is 0.338 e. The number of rotatable bonds is 8. The Bertz CT molecular complexity index is 3180. The van der Waals surface area contributed by atoms with Gasteiger partial charge in [0.15, 0.2) is 0 Å². The van der Waals surface area contributed by atoms with E-state index in [-0.39, 0.29) is 11.9 Å². The average molecular weight is 803 g/mol. The quantitative estimate of drug-likeness (QED) is 0.112. The van der Waals surface area contributed by atoms with E-state index in [0.717, 1.165) is 88.5 Å². The first-order valence-corrected chi connectivity index (χ1v) is 20.3. The first-order chi connectivity index (χ1) is 30.4. The van der Waals surface area contributed by atoms with Gasteiger partial charge in [0.2, 0.25) is 0 Å². The van der Waals surface area contributed by atoms with E-state index in [4.69, 9.17) is 19.4 Å². The minimum atomic E-state index is -0.379. The van der Waals surface area contributed by atoms with Gasteiger partial charge in [-0.2, -0.15) is 0 Å². The van der Waals surface area contributed by atoms with Crippen LogP contribution >= 0.6 is 0 Å². The number of pyridine rings is 2. The first-order valence-electron chi connectivity index (χ1n) is 20.3. The van der Waals surface area contributed by atoms with Crippen LogP contribution in [0.5, 0.6) is 0 Å². The molecule has 0 saturated heterocycles. The Morgan fingerprint density at radius 1 is 0.387 bits per heavy atom. The molecule has 0 fully saturated rings. The maximum atomic E-state index is 12.6. The number of carbonyl (C=O) groups is 2. The number of methoxy groups -OCH3 is 2. The van der Waals surface area contributed by atoms with Crippen molar-refractivity contribution in [3.05, 3.63) is 204 Å². The highest BCUT2D eigenvalue weighted by Gasteiger charge is 2.16. The van der Waals surface area contributed by atoms with E-state index < -0.39 is 0 Å². The molecule has 10 rings (SSSR count). The van der Waals surface area contributed by atoms with Crippen LogP contribution in [0, 0.1) is 0 Å². The van der Waals surface area contributed by atoms with Crippen molar-refractivity contribution in [2.24, 2.45) is 0 Å². The number of hydrogen-bond acceptors (Lipinski definition) is 6. The fourth-order valence-corrected chi connectivity index (χ4v) is 8.16. The topological polar surface area (TPSA) is 78.4 Å². The number of benzene rings is 8. The van der Waals surface area contributed by atoms with Gasteiger partial charge in [0, 0.05) is 21.9 Å². The number of nitrogens with zero attached hydrogens (tertiary/aromatic N) is 2. The molecule has 0 N–H and O–H groups in total. The highest BCUT2D eigenvalue weighted by molar-refractivity contribution is 6.05. The van der Waals surface area contributed by atoms with Crippen LogP contribution in [-0.2, 0) is 9.47 Å². The molecular formula is C56H38N2O4. The van der Waals surface area contributed by atoms with Crippen molar-refractivity contribution in [1.82, 2.24) is 9.97 Å². The Balaban J connectivity index is 0.835. The van der Waals surface area contributed by atoms with E-state index in [1.807, 2.05) is 72.8 Å². The fraction of sp³-hybridized carbons (Fsp3) is 0.0357. The van der Waals surface area contributed by atoms with Crippen LogP contribution in [0.2, 0.25) is 0 Å². The molecule has 2 aromatic heterocycles. The molecule has 0 atom stereocenters. The van der Waals surface area contributed by atoms with Gasteiger partial charge in [0.05, 0.1) is 47.8 Å². The van der Waals surface area contributed by atoms with Gasteiger partial charge in [-0.25, -0.2) is 19.6 Å². The lowest BCUT2D eigenvalue weighted by Gasteiger charge is -2.10. The second-order valence-corrected chi connectivity index (χ2v) is 15.3. The lowest BCUT2D eigenvalue weighted by atomic mass is 9.97. The van der Waals surface area contributed by atoms with E-state index in [1.54, 1.807) is 12.1 Å². The Morgan fingerprint density at radius 2 is 0.742 bits per heavy atom. The third-order valence-corrected chi connectivity index (χ3v) is 11.5. The molecule has 10 aromatic rings. The Labute approximate surface area is 358 Å². The van der Waals surface area contributed by atoms with Crippen molar-refractivity contribution >= 4 is 67.4 Å². The summed E-state index contributed by atoms with van der Waals surface area (Å²) in [5, 5.41) is 6.21. The zero-order chi connectivity index (χ0) is 42.2. The van der Waals surface area contributed by atoms with Gasteiger partial charge in [-0.15, -0.1) is 0 Å². The number of carbonyl (C=O) groups excluding carboxylic acids is 2. The molecule has 6 nitrogen and oxygen atoms in total. The van der Waals surface area contributed by atoms with Crippen molar-refractivity contribution in [3.63, 3.8) is 0 Å². The predicted molar refractivity (Wildman–Crippen MR) is 252 cm³/mol. The van der Waals surface area contributed by atoms with Gasteiger partial charge >= 0.3 is 11.9 Å². The molecule has 0 bridgehead atoms. The van der Waals surface area contributed by atoms with E-state index in [9.17, 15) is 9.59 Å². The third kappa shape index (κ3) is 7.35. The largest absolute Gasteiger partial charge is 0.465 e. The van der Waals surface area contributed by atoms with Crippen LogP contribution in [0.25, 0.3) is 100 Å². The normalized spacial score (nSPS) is 11.5. The monoisotopic (exact) mass is 802 g/mol. The highest BCUT2D eigenvalue weighted by Crippen LogP contribution is 2.32. The van der Waals surface area contributed by atoms with E-state index in [2.05, 4.69) is 109 Å². The zero-order valence-corrected chi connectivity index (χ0v) is 34.0. The lowest BCUT2D eigenvalue weighted by molar-refractivity contribution is 0.0594. The fourth-order valence-electron chi connectivity index (χ4n) is 8.16. The molecule has 6 heteroatoms. The minimum absolute atomic E-state index is 0.379. The van der Waals surface area contributed by atoms with Crippen LogP contribution in [-0.4, -0.2) is 36.1 Å². The molecule has 0 aliphatic heterocycles. The molecule has 296 valence electrons. The molecule has 0 aliphatic carbocycles. The van der Waals surface area contributed by atoms with Crippen LogP contribution in [0.4, 0.5) is 0 Å². The standard InChI is InChI=1S/C56H38N2O4/c1-61-55(59)49-33-53(57-51-9-5-3-7-47(49)51)39-21-17-37(18-22-39)43-27-25-41-29-35(13-15-45(41)31-43)11-12-36-14-16-46-32-44(28-26-42(46)30-36)38-19-23-40(24-20-38)54-34-50(56(60)62-2)48-8-4-6-10-52(48)58-54/h3-34H,1-2H3. The third-order valence-electron chi connectivity index (χ3n) is 11.5. The summed E-state index contributed by atoms with van der Waals surface area (Å²) in [7, 11) is 2.80. The Morgan fingerprint density at radius 3 is 1.16 bits per heavy atom. The summed E-state index contributed by atoms with van der Waals surface area (Å²) in [5.74, 6) is -0.757. The molecule has 0 aliphatic rings. The molecule has 2 heterocycles. The van der Waals surface area contributed by atoms with Crippen molar-refractivity contribution in [2.45, 2.75) is 0 Å². The Kier molecular flexibility index (Phi) is 9.87.